The van der Waals surface area contributed by atoms with Crippen molar-refractivity contribution in [3.05, 3.63) is 65.2 Å². The summed E-state index contributed by atoms with van der Waals surface area (Å²) in [4.78, 5) is 14.3. The number of carbonyl (C=O) groups is 1. The van der Waals surface area contributed by atoms with Crippen molar-refractivity contribution in [2.45, 2.75) is 10.9 Å². The van der Waals surface area contributed by atoms with Crippen LogP contribution in [0.25, 0.3) is 0 Å². The molecule has 1 aliphatic rings. The van der Waals surface area contributed by atoms with Gasteiger partial charge in [-0.05, 0) is 17.7 Å². The van der Waals surface area contributed by atoms with E-state index in [1.54, 1.807) is 35.2 Å². The molecule has 8 heteroatoms. The van der Waals surface area contributed by atoms with Crippen LogP contribution in [-0.2, 0) is 14.8 Å². The number of nitrogens with two attached hydrogens (primary N) is 1. The minimum atomic E-state index is -3.68. The normalized spacial score (nSPS) is 17.1. The molecule has 26 heavy (non-hydrogen) atoms. The summed E-state index contributed by atoms with van der Waals surface area (Å²) in [6.45, 7) is 1.01. The first-order valence-electron chi connectivity index (χ1n) is 8.25. The van der Waals surface area contributed by atoms with Gasteiger partial charge in [0.15, 0.2) is 0 Å². The summed E-state index contributed by atoms with van der Waals surface area (Å²) in [7, 11) is -3.68. The van der Waals surface area contributed by atoms with Crippen LogP contribution < -0.4 is 5.73 Å². The van der Waals surface area contributed by atoms with E-state index in [9.17, 15) is 13.2 Å². The van der Waals surface area contributed by atoms with Gasteiger partial charge < -0.3 is 10.6 Å². The van der Waals surface area contributed by atoms with Crippen LogP contribution in [0.15, 0.2) is 59.5 Å². The number of piperazine rings is 1. The third kappa shape index (κ3) is 3.76. The lowest BCUT2D eigenvalue weighted by Crippen LogP contribution is -2.52. The first-order chi connectivity index (χ1) is 12.4. The SMILES string of the molecule is NC(C(=O)N1CCN(S(=O)(=O)c2ccccc2Cl)CC1)c1ccccc1. The highest BCUT2D eigenvalue weighted by Gasteiger charge is 2.32. The van der Waals surface area contributed by atoms with E-state index in [0.717, 1.165) is 5.56 Å². The Kier molecular flexibility index (Phi) is 5.62. The second kappa shape index (κ2) is 7.75. The lowest BCUT2D eigenvalue weighted by Gasteiger charge is -2.35. The molecular weight excluding hydrogens is 374 g/mol. The van der Waals surface area contributed by atoms with E-state index < -0.39 is 16.1 Å². The Morgan fingerprint density at radius 2 is 1.54 bits per heavy atom. The fraction of sp³-hybridized carbons (Fsp3) is 0.278. The molecule has 0 radical (unpaired) electrons. The van der Waals surface area contributed by atoms with Gasteiger partial charge in [-0.3, -0.25) is 4.79 Å². The Hall–Kier alpha value is -1.93. The molecule has 0 aromatic heterocycles. The molecular formula is C18H20ClN3O3S. The summed E-state index contributed by atoms with van der Waals surface area (Å²) in [6.07, 6.45) is 0. The minimum Gasteiger partial charge on any atom is -0.338 e. The van der Waals surface area contributed by atoms with Crippen LogP contribution in [0.2, 0.25) is 5.02 Å². The standard InChI is InChI=1S/C18H20ClN3O3S/c19-15-8-4-5-9-16(15)26(24,25)22-12-10-21(11-13-22)18(23)17(20)14-6-2-1-3-7-14/h1-9,17H,10-13,20H2. The Morgan fingerprint density at radius 3 is 2.15 bits per heavy atom. The van der Waals surface area contributed by atoms with E-state index in [4.69, 9.17) is 17.3 Å². The van der Waals surface area contributed by atoms with Gasteiger partial charge in [0.05, 0.1) is 5.02 Å². The zero-order chi connectivity index (χ0) is 18.7. The van der Waals surface area contributed by atoms with E-state index in [1.165, 1.54) is 10.4 Å². The Labute approximate surface area is 158 Å². The van der Waals surface area contributed by atoms with Gasteiger partial charge in [-0.15, -0.1) is 0 Å². The molecule has 3 rings (SSSR count). The zero-order valence-electron chi connectivity index (χ0n) is 14.1. The van der Waals surface area contributed by atoms with Crippen LogP contribution in [-0.4, -0.2) is 49.7 Å². The highest BCUT2D eigenvalue weighted by Crippen LogP contribution is 2.25. The maximum Gasteiger partial charge on any atom is 0.244 e. The van der Waals surface area contributed by atoms with Crippen molar-refractivity contribution in [3.63, 3.8) is 0 Å². The number of sulfonamides is 1. The fourth-order valence-electron chi connectivity index (χ4n) is 2.94. The van der Waals surface area contributed by atoms with Crippen molar-refractivity contribution in [2.75, 3.05) is 26.2 Å². The average molecular weight is 394 g/mol. The molecule has 2 aromatic rings. The van der Waals surface area contributed by atoms with Gasteiger partial charge in [0.25, 0.3) is 0 Å². The predicted octanol–water partition coefficient (Wildman–Crippen LogP) is 1.87. The van der Waals surface area contributed by atoms with Crippen LogP contribution >= 0.6 is 11.6 Å². The van der Waals surface area contributed by atoms with Gasteiger partial charge in [0.1, 0.15) is 10.9 Å². The third-order valence-electron chi connectivity index (χ3n) is 4.43. The number of nitrogens with zero attached hydrogens (tertiary/aromatic N) is 2. The summed E-state index contributed by atoms with van der Waals surface area (Å²) < 4.78 is 26.9. The van der Waals surface area contributed by atoms with E-state index in [0.29, 0.717) is 13.1 Å². The zero-order valence-corrected chi connectivity index (χ0v) is 15.7. The van der Waals surface area contributed by atoms with Gasteiger partial charge in [-0.2, -0.15) is 4.31 Å². The molecule has 2 aromatic carbocycles. The van der Waals surface area contributed by atoms with E-state index >= 15 is 0 Å². The highest BCUT2D eigenvalue weighted by molar-refractivity contribution is 7.89. The molecule has 1 heterocycles. The van der Waals surface area contributed by atoms with Crippen LogP contribution in [0.1, 0.15) is 11.6 Å². The number of benzene rings is 2. The number of carbonyl (C=O) groups excluding carboxylic acids is 1. The highest BCUT2D eigenvalue weighted by atomic mass is 35.5. The molecule has 1 atom stereocenters. The molecule has 0 saturated carbocycles. The first-order valence-corrected chi connectivity index (χ1v) is 10.1. The molecule has 0 spiro atoms. The second-order valence-corrected chi connectivity index (χ2v) is 8.36. The summed E-state index contributed by atoms with van der Waals surface area (Å²) in [6, 6.07) is 14.7. The number of halogens is 1. The summed E-state index contributed by atoms with van der Waals surface area (Å²) in [5, 5.41) is 0.192. The van der Waals surface area contributed by atoms with Gasteiger partial charge in [-0.25, -0.2) is 8.42 Å². The van der Waals surface area contributed by atoms with Crippen molar-refractivity contribution in [2.24, 2.45) is 5.73 Å². The molecule has 138 valence electrons. The molecule has 0 aliphatic carbocycles. The number of hydrogen-bond acceptors (Lipinski definition) is 4. The number of rotatable bonds is 4. The predicted molar refractivity (Wildman–Crippen MR) is 100 cm³/mol. The van der Waals surface area contributed by atoms with Crippen LogP contribution in [0.5, 0.6) is 0 Å². The molecule has 1 aliphatic heterocycles. The van der Waals surface area contributed by atoms with E-state index in [1.807, 2.05) is 18.2 Å². The second-order valence-electron chi connectivity index (χ2n) is 6.05. The van der Waals surface area contributed by atoms with Gasteiger partial charge in [0, 0.05) is 26.2 Å². The fourth-order valence-corrected chi connectivity index (χ4v) is 4.86. The smallest absolute Gasteiger partial charge is 0.244 e. The maximum absolute atomic E-state index is 12.8. The molecule has 2 N–H and O–H groups in total. The lowest BCUT2D eigenvalue weighted by molar-refractivity contribution is -0.133. The van der Waals surface area contributed by atoms with E-state index in [-0.39, 0.29) is 28.9 Å². The van der Waals surface area contributed by atoms with Crippen molar-refractivity contribution in [3.8, 4) is 0 Å². The minimum absolute atomic E-state index is 0.0856. The van der Waals surface area contributed by atoms with Crippen molar-refractivity contribution in [1.29, 1.82) is 0 Å². The Bertz CT molecular complexity index is 882. The molecule has 0 bridgehead atoms. The van der Waals surface area contributed by atoms with Crippen molar-refractivity contribution >= 4 is 27.5 Å². The average Bonchev–Trinajstić information content (AvgIpc) is 2.68. The van der Waals surface area contributed by atoms with Gasteiger partial charge >= 0.3 is 0 Å². The monoisotopic (exact) mass is 393 g/mol. The summed E-state index contributed by atoms with van der Waals surface area (Å²) in [5.74, 6) is -0.203. The third-order valence-corrected chi connectivity index (χ3v) is 6.83. The first kappa shape index (κ1) is 18.8. The van der Waals surface area contributed by atoms with Gasteiger partial charge in [-0.1, -0.05) is 54.1 Å². The molecule has 1 saturated heterocycles. The van der Waals surface area contributed by atoms with Crippen molar-refractivity contribution < 1.29 is 13.2 Å². The van der Waals surface area contributed by atoms with Crippen LogP contribution in [0.4, 0.5) is 0 Å². The molecule has 1 fully saturated rings. The summed E-state index contributed by atoms with van der Waals surface area (Å²) in [5.41, 5.74) is 6.80. The summed E-state index contributed by atoms with van der Waals surface area (Å²) >= 11 is 6.03. The largest absolute Gasteiger partial charge is 0.338 e. The molecule has 6 nitrogen and oxygen atoms in total. The Morgan fingerprint density at radius 1 is 0.962 bits per heavy atom. The number of hydrogen-bond donors (Lipinski definition) is 1. The Balaban J connectivity index is 1.68. The lowest BCUT2D eigenvalue weighted by atomic mass is 10.1. The van der Waals surface area contributed by atoms with Crippen LogP contribution in [0, 0.1) is 0 Å². The van der Waals surface area contributed by atoms with Crippen LogP contribution in [0.3, 0.4) is 0 Å². The van der Waals surface area contributed by atoms with Gasteiger partial charge in [0.2, 0.25) is 15.9 Å². The number of amides is 1. The molecule has 1 unspecified atom stereocenters. The topological polar surface area (TPSA) is 83.7 Å². The van der Waals surface area contributed by atoms with Crippen molar-refractivity contribution in [1.82, 2.24) is 9.21 Å². The van der Waals surface area contributed by atoms with E-state index in [2.05, 4.69) is 0 Å². The molecule has 1 amide bonds. The quantitative estimate of drug-likeness (QED) is 0.859. The maximum atomic E-state index is 12.8.